The zero-order chi connectivity index (χ0) is 21.1. The van der Waals surface area contributed by atoms with Gasteiger partial charge in [-0.15, -0.1) is 10.2 Å². The van der Waals surface area contributed by atoms with Crippen LogP contribution in [0.15, 0.2) is 65.2 Å². The SMILES string of the molecule is [C-]#[N+]c1cnn(-c2ncccn2)c1N=Nc1cc2ccccc2c(C(=O)OC)c1O. The lowest BCUT2D eigenvalue weighted by atomic mass is 10.0. The number of azo groups is 1. The molecule has 146 valence electrons. The predicted octanol–water partition coefficient (Wildman–Crippen LogP) is 4.27. The Labute approximate surface area is 169 Å². The summed E-state index contributed by atoms with van der Waals surface area (Å²) in [5, 5.41) is 24.1. The Bertz CT molecular complexity index is 1320. The molecule has 2 aromatic heterocycles. The number of phenolic OH excluding ortho intramolecular Hbond substituents is 1. The molecule has 0 saturated carbocycles. The first-order chi connectivity index (χ1) is 14.6. The third-order valence-corrected chi connectivity index (χ3v) is 4.23. The number of fused-ring (bicyclic) bond motifs is 1. The Morgan fingerprint density at radius 3 is 2.70 bits per heavy atom. The van der Waals surface area contributed by atoms with Crippen LogP contribution in [0.3, 0.4) is 0 Å². The maximum atomic E-state index is 12.2. The van der Waals surface area contributed by atoms with E-state index < -0.39 is 5.97 Å². The lowest BCUT2D eigenvalue weighted by Crippen LogP contribution is -2.03. The van der Waals surface area contributed by atoms with E-state index in [0.29, 0.717) is 10.8 Å². The standard InChI is InChI=1S/C20H13N7O3/c1-21-15-11-24-27(20-22-8-5-9-23-20)18(15)26-25-14-10-12-6-3-4-7-13(12)16(17(14)28)19(29)30-2/h3-11,28H,2H3. The van der Waals surface area contributed by atoms with Crippen molar-refractivity contribution in [2.45, 2.75) is 0 Å². The lowest BCUT2D eigenvalue weighted by molar-refractivity contribution is 0.0600. The minimum Gasteiger partial charge on any atom is -0.505 e. The fourth-order valence-corrected chi connectivity index (χ4v) is 2.86. The number of hydrogen-bond donors (Lipinski definition) is 1. The van der Waals surface area contributed by atoms with Gasteiger partial charge in [-0.3, -0.25) is 0 Å². The van der Waals surface area contributed by atoms with Crippen LogP contribution >= 0.6 is 0 Å². The van der Waals surface area contributed by atoms with Crippen molar-refractivity contribution in [2.24, 2.45) is 10.2 Å². The highest BCUT2D eigenvalue weighted by Crippen LogP contribution is 2.39. The zero-order valence-corrected chi connectivity index (χ0v) is 15.6. The van der Waals surface area contributed by atoms with Crippen molar-refractivity contribution >= 4 is 33.9 Å². The van der Waals surface area contributed by atoms with E-state index in [1.807, 2.05) is 0 Å². The van der Waals surface area contributed by atoms with E-state index >= 15 is 0 Å². The topological polar surface area (TPSA) is 119 Å². The number of carbonyl (C=O) groups excluding carboxylic acids is 1. The van der Waals surface area contributed by atoms with Gasteiger partial charge in [-0.2, -0.15) is 9.78 Å². The number of aromatic hydroxyl groups is 1. The fourth-order valence-electron chi connectivity index (χ4n) is 2.86. The van der Waals surface area contributed by atoms with E-state index in [0.717, 1.165) is 0 Å². The van der Waals surface area contributed by atoms with Crippen molar-refractivity contribution in [2.75, 3.05) is 7.11 Å². The summed E-state index contributed by atoms with van der Waals surface area (Å²) in [7, 11) is 1.23. The third kappa shape index (κ3) is 3.20. The molecule has 1 N–H and O–H groups in total. The van der Waals surface area contributed by atoms with Gasteiger partial charge in [-0.05, 0) is 17.5 Å². The highest BCUT2D eigenvalue weighted by Gasteiger charge is 2.20. The van der Waals surface area contributed by atoms with Gasteiger partial charge >= 0.3 is 5.97 Å². The third-order valence-electron chi connectivity index (χ3n) is 4.23. The Hall–Kier alpha value is -4.65. The molecule has 10 nitrogen and oxygen atoms in total. The monoisotopic (exact) mass is 399 g/mol. The minimum absolute atomic E-state index is 0.0187. The molecule has 10 heteroatoms. The normalized spacial score (nSPS) is 10.9. The second-order valence-electron chi connectivity index (χ2n) is 5.96. The van der Waals surface area contributed by atoms with E-state index in [1.165, 1.54) is 30.4 Å². The number of phenols is 1. The first-order valence-corrected chi connectivity index (χ1v) is 8.61. The van der Waals surface area contributed by atoms with Crippen LogP contribution < -0.4 is 0 Å². The molecular formula is C20H13N7O3. The number of carbonyl (C=O) groups is 1. The molecule has 0 aliphatic heterocycles. The van der Waals surface area contributed by atoms with Crippen LogP contribution in [0.5, 0.6) is 5.75 Å². The molecule has 0 saturated heterocycles. The Morgan fingerprint density at radius 2 is 1.97 bits per heavy atom. The van der Waals surface area contributed by atoms with Crippen LogP contribution in [0.1, 0.15) is 10.4 Å². The Balaban J connectivity index is 1.87. The molecule has 2 heterocycles. The molecule has 0 aliphatic carbocycles. The van der Waals surface area contributed by atoms with E-state index in [1.54, 1.807) is 36.4 Å². The molecule has 0 aliphatic rings. The van der Waals surface area contributed by atoms with Crippen molar-refractivity contribution in [3.8, 4) is 11.7 Å². The van der Waals surface area contributed by atoms with E-state index in [2.05, 4.69) is 30.1 Å². The van der Waals surface area contributed by atoms with Crippen molar-refractivity contribution in [3.05, 3.63) is 72.0 Å². The van der Waals surface area contributed by atoms with Gasteiger partial charge in [-0.25, -0.2) is 19.6 Å². The lowest BCUT2D eigenvalue weighted by Gasteiger charge is -2.09. The number of esters is 1. The molecule has 0 unspecified atom stereocenters. The molecule has 4 rings (SSSR count). The first kappa shape index (κ1) is 18.7. The van der Waals surface area contributed by atoms with Gasteiger partial charge in [0.1, 0.15) is 11.3 Å². The van der Waals surface area contributed by atoms with Crippen molar-refractivity contribution in [3.63, 3.8) is 0 Å². The summed E-state index contributed by atoms with van der Waals surface area (Å²) in [6, 6.07) is 10.2. The van der Waals surface area contributed by atoms with Crippen LogP contribution in [0.2, 0.25) is 0 Å². The summed E-state index contributed by atoms with van der Waals surface area (Å²) in [5.41, 5.74) is 0.140. The van der Waals surface area contributed by atoms with Crippen LogP contribution in [-0.4, -0.2) is 37.9 Å². The molecule has 0 spiro atoms. The predicted molar refractivity (Wildman–Crippen MR) is 107 cm³/mol. The van der Waals surface area contributed by atoms with Crippen molar-refractivity contribution < 1.29 is 14.6 Å². The highest BCUT2D eigenvalue weighted by atomic mass is 16.5. The van der Waals surface area contributed by atoms with Crippen LogP contribution in [0.25, 0.3) is 21.6 Å². The molecule has 2 aromatic carbocycles. The molecular weight excluding hydrogens is 386 g/mol. The molecule has 0 atom stereocenters. The maximum absolute atomic E-state index is 12.2. The van der Waals surface area contributed by atoms with Crippen LogP contribution in [0.4, 0.5) is 17.2 Å². The molecule has 30 heavy (non-hydrogen) atoms. The molecule has 4 aromatic rings. The smallest absolute Gasteiger partial charge is 0.342 e. The van der Waals surface area contributed by atoms with Gasteiger partial charge in [0.2, 0.25) is 0 Å². The van der Waals surface area contributed by atoms with E-state index in [-0.39, 0.29) is 34.5 Å². The summed E-state index contributed by atoms with van der Waals surface area (Å²) in [6.07, 6.45) is 4.37. The number of nitrogens with zero attached hydrogens (tertiary/aromatic N) is 7. The molecule has 0 bridgehead atoms. The number of methoxy groups -OCH3 is 1. The number of benzene rings is 2. The van der Waals surface area contributed by atoms with Gasteiger partial charge in [-0.1, -0.05) is 24.3 Å². The highest BCUT2D eigenvalue weighted by molar-refractivity contribution is 6.09. The zero-order valence-electron chi connectivity index (χ0n) is 15.6. The first-order valence-electron chi connectivity index (χ1n) is 8.61. The van der Waals surface area contributed by atoms with E-state index in [9.17, 15) is 9.90 Å². The average molecular weight is 399 g/mol. The quantitative estimate of drug-likeness (QED) is 0.311. The van der Waals surface area contributed by atoms with Crippen LogP contribution in [0, 0.1) is 6.57 Å². The molecule has 0 amide bonds. The number of ether oxygens (including phenoxy) is 1. The van der Waals surface area contributed by atoms with Gasteiger partial charge in [0, 0.05) is 17.8 Å². The van der Waals surface area contributed by atoms with Gasteiger partial charge in [0.05, 0.1) is 19.9 Å². The van der Waals surface area contributed by atoms with Crippen molar-refractivity contribution in [1.29, 1.82) is 0 Å². The van der Waals surface area contributed by atoms with Crippen LogP contribution in [-0.2, 0) is 4.74 Å². The number of aromatic nitrogens is 4. The summed E-state index contributed by atoms with van der Waals surface area (Å²) >= 11 is 0. The van der Waals surface area contributed by atoms with Gasteiger partial charge in [0.25, 0.3) is 11.6 Å². The van der Waals surface area contributed by atoms with Gasteiger partial charge in [0.15, 0.2) is 11.6 Å². The molecule has 0 radical (unpaired) electrons. The Morgan fingerprint density at radius 1 is 1.20 bits per heavy atom. The maximum Gasteiger partial charge on any atom is 0.342 e. The molecule has 0 fully saturated rings. The second kappa shape index (κ2) is 7.76. The average Bonchev–Trinajstić information content (AvgIpc) is 3.20. The second-order valence-corrected chi connectivity index (χ2v) is 5.96. The van der Waals surface area contributed by atoms with Gasteiger partial charge < -0.3 is 9.84 Å². The summed E-state index contributed by atoms with van der Waals surface area (Å²) in [6.45, 7) is 7.33. The summed E-state index contributed by atoms with van der Waals surface area (Å²) < 4.78 is 6.06. The largest absolute Gasteiger partial charge is 0.505 e. The minimum atomic E-state index is -0.703. The van der Waals surface area contributed by atoms with Crippen molar-refractivity contribution in [1.82, 2.24) is 19.7 Å². The van der Waals surface area contributed by atoms with E-state index in [4.69, 9.17) is 11.3 Å². The number of hydrogen-bond acceptors (Lipinski definition) is 8. The summed E-state index contributed by atoms with van der Waals surface area (Å²) in [5.74, 6) is -0.788. The number of rotatable bonds is 4. The fraction of sp³-hybridized carbons (Fsp3) is 0.0500. The Kier molecular flexibility index (Phi) is 4.84. The summed E-state index contributed by atoms with van der Waals surface area (Å²) in [4.78, 5) is 23.8.